The lowest BCUT2D eigenvalue weighted by Gasteiger charge is -2.13. The largest absolute Gasteiger partial charge is 0.310 e. The van der Waals surface area contributed by atoms with Crippen LogP contribution in [0.5, 0.6) is 0 Å². The maximum Gasteiger partial charge on any atom is 0.238 e. The molecule has 0 bridgehead atoms. The van der Waals surface area contributed by atoms with Gasteiger partial charge in [0, 0.05) is 29.8 Å². The van der Waals surface area contributed by atoms with Crippen LogP contribution in [-0.4, -0.2) is 35.9 Å². The molecular weight excluding hydrogens is 420 g/mol. The first-order chi connectivity index (χ1) is 14.6. The van der Waals surface area contributed by atoms with E-state index in [9.17, 15) is 4.79 Å². The van der Waals surface area contributed by atoms with Gasteiger partial charge in [0.25, 0.3) is 0 Å². The van der Waals surface area contributed by atoms with Crippen molar-refractivity contribution in [3.63, 3.8) is 0 Å². The maximum atomic E-state index is 12.7. The number of rotatable bonds is 6. The highest BCUT2D eigenvalue weighted by molar-refractivity contribution is 8.00. The average molecular weight is 437 g/mol. The van der Waals surface area contributed by atoms with E-state index in [1.165, 1.54) is 18.0 Å². The summed E-state index contributed by atoms with van der Waals surface area (Å²) in [5.41, 5.74) is 1.79. The van der Waals surface area contributed by atoms with E-state index < -0.39 is 5.25 Å². The zero-order valence-electron chi connectivity index (χ0n) is 15.9. The fourth-order valence-corrected chi connectivity index (χ4v) is 3.71. The molecule has 4 aromatic rings. The second-order valence-corrected chi connectivity index (χ2v) is 8.07. The molecule has 0 spiro atoms. The Morgan fingerprint density at radius 2 is 1.83 bits per heavy atom. The smallest absolute Gasteiger partial charge is 0.238 e. The Hall–Kier alpha value is -3.23. The molecule has 3 heterocycles. The minimum absolute atomic E-state index is 0.192. The van der Waals surface area contributed by atoms with E-state index in [-0.39, 0.29) is 5.91 Å². The monoisotopic (exact) mass is 436 g/mol. The van der Waals surface area contributed by atoms with Gasteiger partial charge in [0.2, 0.25) is 5.91 Å². The van der Waals surface area contributed by atoms with Gasteiger partial charge in [-0.1, -0.05) is 41.6 Å². The van der Waals surface area contributed by atoms with Crippen LogP contribution >= 0.6 is 23.4 Å². The van der Waals surface area contributed by atoms with E-state index in [2.05, 4.69) is 25.5 Å². The molecule has 1 N–H and O–H groups in total. The highest BCUT2D eigenvalue weighted by atomic mass is 35.5. The molecule has 0 saturated heterocycles. The number of hydrogen-bond acceptors (Lipinski definition) is 6. The topological polar surface area (TPSA) is 85.6 Å². The third-order valence-electron chi connectivity index (χ3n) is 4.22. The van der Waals surface area contributed by atoms with E-state index in [4.69, 9.17) is 11.6 Å². The number of amides is 1. The van der Waals surface area contributed by atoms with Crippen LogP contribution in [0.3, 0.4) is 0 Å². The summed E-state index contributed by atoms with van der Waals surface area (Å²) in [7, 11) is 0. The molecule has 1 amide bonds. The van der Waals surface area contributed by atoms with Crippen molar-refractivity contribution in [2.75, 3.05) is 5.32 Å². The highest BCUT2D eigenvalue weighted by Crippen LogP contribution is 2.30. The van der Waals surface area contributed by atoms with E-state index in [0.717, 1.165) is 11.3 Å². The van der Waals surface area contributed by atoms with Crippen LogP contribution in [0, 0.1) is 0 Å². The van der Waals surface area contributed by atoms with Crippen molar-refractivity contribution in [2.24, 2.45) is 0 Å². The Balaban J connectivity index is 1.61. The molecule has 4 rings (SSSR count). The molecule has 0 fully saturated rings. The van der Waals surface area contributed by atoms with Crippen molar-refractivity contribution in [3.8, 4) is 17.1 Å². The van der Waals surface area contributed by atoms with Crippen LogP contribution in [0.25, 0.3) is 17.1 Å². The van der Waals surface area contributed by atoms with Crippen LogP contribution in [0.1, 0.15) is 6.92 Å². The highest BCUT2D eigenvalue weighted by Gasteiger charge is 2.22. The van der Waals surface area contributed by atoms with Crippen LogP contribution in [0.2, 0.25) is 5.02 Å². The molecule has 0 aliphatic carbocycles. The number of benzene rings is 1. The number of aromatic nitrogens is 5. The summed E-state index contributed by atoms with van der Waals surface area (Å²) in [6, 6.07) is 16.9. The van der Waals surface area contributed by atoms with Gasteiger partial charge in [-0.25, -0.2) is 4.98 Å². The van der Waals surface area contributed by atoms with Crippen LogP contribution in [0.15, 0.2) is 78.3 Å². The van der Waals surface area contributed by atoms with Gasteiger partial charge in [0.1, 0.15) is 5.82 Å². The second kappa shape index (κ2) is 9.06. The second-order valence-electron chi connectivity index (χ2n) is 6.32. The lowest BCUT2D eigenvalue weighted by atomic mass is 10.2. The van der Waals surface area contributed by atoms with Crippen LogP contribution in [-0.2, 0) is 4.79 Å². The molecule has 1 atom stereocenters. The predicted octanol–water partition coefficient (Wildman–Crippen LogP) is 4.50. The number of thioether (sulfide) groups is 1. The summed E-state index contributed by atoms with van der Waals surface area (Å²) in [5.74, 6) is 0.930. The van der Waals surface area contributed by atoms with Crippen molar-refractivity contribution < 1.29 is 4.79 Å². The number of pyridine rings is 2. The SMILES string of the molecule is CC(Sc1nnc(-c2ccncc2)n1-c1ccccc1)C(=O)Nc1ccc(Cl)cn1. The number of hydrogen-bond donors (Lipinski definition) is 1. The van der Waals surface area contributed by atoms with Gasteiger partial charge in [0.05, 0.1) is 10.3 Å². The van der Waals surface area contributed by atoms with Crippen LogP contribution in [0.4, 0.5) is 5.82 Å². The summed E-state index contributed by atoms with van der Waals surface area (Å²) >= 11 is 7.16. The first kappa shape index (κ1) is 20.1. The number of carbonyl (C=O) groups excluding carboxylic acids is 1. The Kier molecular flexibility index (Phi) is 6.06. The standard InChI is InChI=1S/C21H17ClN6OS/c1-14(20(29)25-18-8-7-16(22)13-24-18)30-21-27-26-19(15-9-11-23-12-10-15)28(21)17-5-3-2-4-6-17/h2-14H,1H3,(H,24,25,29). The quantitative estimate of drug-likeness (QED) is 0.448. The molecule has 3 aromatic heterocycles. The molecule has 0 radical (unpaired) electrons. The lowest BCUT2D eigenvalue weighted by molar-refractivity contribution is -0.115. The summed E-state index contributed by atoms with van der Waals surface area (Å²) < 4.78 is 1.93. The normalized spacial score (nSPS) is 11.8. The van der Waals surface area contributed by atoms with Crippen molar-refractivity contribution in [1.29, 1.82) is 0 Å². The lowest BCUT2D eigenvalue weighted by Crippen LogP contribution is -2.23. The Morgan fingerprint density at radius 3 is 2.53 bits per heavy atom. The number of anilines is 1. The third kappa shape index (κ3) is 4.50. The molecule has 0 aliphatic heterocycles. The molecular formula is C21H17ClN6OS. The average Bonchev–Trinajstić information content (AvgIpc) is 3.20. The van der Waals surface area contributed by atoms with E-state index in [1.807, 2.05) is 54.0 Å². The summed E-state index contributed by atoms with van der Waals surface area (Å²) in [6.45, 7) is 1.81. The Bertz CT molecular complexity index is 1140. The molecule has 1 aromatic carbocycles. The van der Waals surface area contributed by atoms with Crippen molar-refractivity contribution >= 4 is 35.1 Å². The fraction of sp³-hybridized carbons (Fsp3) is 0.0952. The first-order valence-electron chi connectivity index (χ1n) is 9.12. The number of nitrogens with one attached hydrogen (secondary N) is 1. The van der Waals surface area contributed by atoms with Gasteiger partial charge in [0.15, 0.2) is 11.0 Å². The molecule has 0 aliphatic rings. The predicted molar refractivity (Wildman–Crippen MR) is 118 cm³/mol. The number of nitrogens with zero attached hydrogens (tertiary/aromatic N) is 5. The zero-order valence-corrected chi connectivity index (χ0v) is 17.5. The fourth-order valence-electron chi connectivity index (χ4n) is 2.73. The third-order valence-corrected chi connectivity index (χ3v) is 5.48. The maximum absolute atomic E-state index is 12.7. The minimum atomic E-state index is -0.431. The van der Waals surface area contributed by atoms with Crippen molar-refractivity contribution in [1.82, 2.24) is 24.7 Å². The minimum Gasteiger partial charge on any atom is -0.310 e. The zero-order chi connectivity index (χ0) is 20.9. The first-order valence-corrected chi connectivity index (χ1v) is 10.4. The van der Waals surface area contributed by atoms with Crippen LogP contribution < -0.4 is 5.32 Å². The van der Waals surface area contributed by atoms with Gasteiger partial charge in [-0.2, -0.15) is 0 Å². The van der Waals surface area contributed by atoms with E-state index in [0.29, 0.717) is 21.8 Å². The Labute approximate surface area is 182 Å². The molecule has 150 valence electrons. The van der Waals surface area contributed by atoms with Gasteiger partial charge >= 0.3 is 0 Å². The van der Waals surface area contributed by atoms with Gasteiger partial charge in [-0.05, 0) is 43.3 Å². The van der Waals surface area contributed by atoms with Crippen molar-refractivity contribution in [3.05, 3.63) is 78.2 Å². The number of para-hydroxylation sites is 1. The summed E-state index contributed by atoms with van der Waals surface area (Å²) in [6.07, 6.45) is 4.91. The molecule has 30 heavy (non-hydrogen) atoms. The van der Waals surface area contributed by atoms with Crippen molar-refractivity contribution in [2.45, 2.75) is 17.3 Å². The van der Waals surface area contributed by atoms with E-state index in [1.54, 1.807) is 24.5 Å². The van der Waals surface area contributed by atoms with Gasteiger partial charge < -0.3 is 5.32 Å². The molecule has 0 saturated carbocycles. The molecule has 9 heteroatoms. The number of halogens is 1. The summed E-state index contributed by atoms with van der Waals surface area (Å²) in [5, 5.41) is 12.2. The van der Waals surface area contributed by atoms with Gasteiger partial charge in [-0.15, -0.1) is 10.2 Å². The van der Waals surface area contributed by atoms with Gasteiger partial charge in [-0.3, -0.25) is 14.3 Å². The van der Waals surface area contributed by atoms with E-state index >= 15 is 0 Å². The number of carbonyl (C=O) groups is 1. The Morgan fingerprint density at radius 1 is 1.07 bits per heavy atom. The molecule has 1 unspecified atom stereocenters. The summed E-state index contributed by atoms with van der Waals surface area (Å²) in [4.78, 5) is 20.8. The molecule has 7 nitrogen and oxygen atoms in total.